The van der Waals surface area contributed by atoms with E-state index < -0.39 is 8.60 Å². The molecule has 0 spiro atoms. The summed E-state index contributed by atoms with van der Waals surface area (Å²) in [5.74, 6) is 0. The van der Waals surface area contributed by atoms with Crippen LogP contribution in [0.2, 0.25) is 0 Å². The van der Waals surface area contributed by atoms with Gasteiger partial charge in [-0.15, -0.1) is 0 Å². The zero-order valence-electron chi connectivity index (χ0n) is 4.50. The van der Waals surface area contributed by atoms with E-state index in [0.717, 1.165) is 0 Å². The summed E-state index contributed by atoms with van der Waals surface area (Å²) in [4.78, 5) is 21.7. The third-order valence-corrected chi connectivity index (χ3v) is 0. The van der Waals surface area contributed by atoms with Crippen molar-refractivity contribution < 1.29 is 17.5 Å². The van der Waals surface area contributed by atoms with Gasteiger partial charge in [0, 0.05) is 0 Å². The average Bonchev–Trinajstić information content (AvgIpc) is 0.811. The normalized spacial score (nSPS) is 6.00. The van der Waals surface area contributed by atoms with E-state index in [1.165, 1.54) is 0 Å². The zero-order chi connectivity index (χ0) is 3.58. The van der Waals surface area contributed by atoms with Gasteiger partial charge < -0.3 is 17.5 Å². The van der Waals surface area contributed by atoms with Gasteiger partial charge in [0.05, 0.1) is 0 Å². The van der Waals surface area contributed by atoms with Crippen molar-refractivity contribution in [2.24, 2.45) is 0 Å². The third-order valence-electron chi connectivity index (χ3n) is 0. The molecule has 0 aliphatic carbocycles. The first-order chi connectivity index (χ1) is 1.73. The standard InChI is InChI=1S/Mg.H3O3P.H4Si.2H/c;1-4(2)3;;;/h;1-3H;1H4;;/q+2;;;2*-1. The van der Waals surface area contributed by atoms with Gasteiger partial charge in [-0.25, -0.2) is 0 Å². The van der Waals surface area contributed by atoms with E-state index in [1.807, 2.05) is 0 Å². The average molecular weight is 140 g/mol. The van der Waals surface area contributed by atoms with Crippen molar-refractivity contribution in [2.45, 2.75) is 0 Å². The fourth-order valence-electron chi connectivity index (χ4n) is 0. The maximum atomic E-state index is 7.23. The van der Waals surface area contributed by atoms with E-state index in [0.29, 0.717) is 0 Å². The number of hydrogen-bond acceptors (Lipinski definition) is 3. The Bertz CT molecular complexity index is 22.0. The van der Waals surface area contributed by atoms with Gasteiger partial charge in [0.25, 0.3) is 0 Å². The van der Waals surface area contributed by atoms with Crippen LogP contribution in [0.25, 0.3) is 0 Å². The van der Waals surface area contributed by atoms with Crippen molar-refractivity contribution in [3.63, 3.8) is 0 Å². The van der Waals surface area contributed by atoms with Crippen molar-refractivity contribution in [3.05, 3.63) is 0 Å². The molecule has 6 heavy (non-hydrogen) atoms. The smallest absolute Gasteiger partial charge is 1.00 e. The largest absolute Gasteiger partial charge is 2.00 e. The van der Waals surface area contributed by atoms with Crippen molar-refractivity contribution in [1.82, 2.24) is 0 Å². The van der Waals surface area contributed by atoms with Crippen LogP contribution in [-0.4, -0.2) is 48.7 Å². The molecule has 0 aromatic rings. The van der Waals surface area contributed by atoms with Crippen LogP contribution in [0.5, 0.6) is 0 Å². The van der Waals surface area contributed by atoms with Crippen molar-refractivity contribution >= 4 is 42.6 Å². The number of hydrogen-bond donors (Lipinski definition) is 3. The Balaban J connectivity index is -0.00000000750. The van der Waals surface area contributed by atoms with Gasteiger partial charge in [-0.2, -0.15) is 0 Å². The molecule has 0 saturated heterocycles. The van der Waals surface area contributed by atoms with E-state index >= 15 is 0 Å². The van der Waals surface area contributed by atoms with E-state index in [1.54, 1.807) is 0 Å². The van der Waals surface area contributed by atoms with Gasteiger partial charge in [0.2, 0.25) is 0 Å². The van der Waals surface area contributed by atoms with Crippen LogP contribution in [0.15, 0.2) is 0 Å². The molecule has 0 aromatic carbocycles. The molecule has 0 aliphatic rings. The monoisotopic (exact) mass is 140 g/mol. The molecule has 0 bridgehead atoms. The zero-order valence-corrected chi connectivity index (χ0v) is 4.80. The molecule has 3 N–H and O–H groups in total. The molecule has 0 unspecified atom stereocenters. The Morgan fingerprint density at radius 2 is 1.17 bits per heavy atom. The molecule has 6 heteroatoms. The summed E-state index contributed by atoms with van der Waals surface area (Å²) in [6.07, 6.45) is 0. The Hall–Kier alpha value is 1.29. The fourth-order valence-corrected chi connectivity index (χ4v) is 0. The molecule has 0 rings (SSSR count). The summed E-state index contributed by atoms with van der Waals surface area (Å²) >= 11 is 0. The molecule has 0 radical (unpaired) electrons. The predicted octanol–water partition coefficient (Wildman–Crippen LogP) is -2.42. The minimum Gasteiger partial charge on any atom is -1.00 e. The SMILES string of the molecule is OP(O)O.[H-].[H-].[Mg+2].[SiH4]. The summed E-state index contributed by atoms with van der Waals surface area (Å²) in [6, 6.07) is 0. The Labute approximate surface area is 60.5 Å². The van der Waals surface area contributed by atoms with Crippen molar-refractivity contribution in [2.75, 3.05) is 0 Å². The topological polar surface area (TPSA) is 60.7 Å². The summed E-state index contributed by atoms with van der Waals surface area (Å²) in [7, 11) is -2.62. The van der Waals surface area contributed by atoms with Gasteiger partial charge in [0.1, 0.15) is 0 Å². The molecule has 0 saturated carbocycles. The van der Waals surface area contributed by atoms with Crippen LogP contribution >= 0.6 is 8.60 Å². The van der Waals surface area contributed by atoms with E-state index in [9.17, 15) is 0 Å². The summed E-state index contributed by atoms with van der Waals surface area (Å²) in [5.41, 5.74) is 0. The first-order valence-electron chi connectivity index (χ1n) is 0.600. The Morgan fingerprint density at radius 3 is 1.17 bits per heavy atom. The maximum Gasteiger partial charge on any atom is 2.00 e. The minimum atomic E-state index is -2.62. The van der Waals surface area contributed by atoms with Crippen molar-refractivity contribution in [3.8, 4) is 0 Å². The first-order valence-corrected chi connectivity index (χ1v) is 1.80. The van der Waals surface area contributed by atoms with E-state index in [-0.39, 0.29) is 36.9 Å². The molecule has 0 atom stereocenters. The van der Waals surface area contributed by atoms with Crippen LogP contribution < -0.4 is 0 Å². The van der Waals surface area contributed by atoms with E-state index in [2.05, 4.69) is 0 Å². The minimum absolute atomic E-state index is 0. The molecule has 38 valence electrons. The molecular formula is H9MgO3PSi. The van der Waals surface area contributed by atoms with E-state index in [4.69, 9.17) is 14.7 Å². The second-order valence-corrected chi connectivity index (χ2v) is 0.805. The molecule has 0 amide bonds. The van der Waals surface area contributed by atoms with Gasteiger partial charge in [-0.1, -0.05) is 0 Å². The third kappa shape index (κ3) is 58.3. The summed E-state index contributed by atoms with van der Waals surface area (Å²) in [6.45, 7) is 0. The molecule has 0 aliphatic heterocycles. The molecule has 0 aromatic heterocycles. The summed E-state index contributed by atoms with van der Waals surface area (Å²) in [5, 5.41) is 0. The van der Waals surface area contributed by atoms with Gasteiger partial charge in [-0.05, 0) is 11.0 Å². The molecule has 0 heterocycles. The number of rotatable bonds is 0. The van der Waals surface area contributed by atoms with Crippen LogP contribution in [0.3, 0.4) is 0 Å². The second-order valence-electron chi connectivity index (χ2n) is 0.268. The van der Waals surface area contributed by atoms with Gasteiger partial charge in [-0.3, -0.25) is 0 Å². The molecule has 0 fully saturated rings. The Kier molecular flexibility index (Phi) is 25.0. The quantitative estimate of drug-likeness (QED) is 0.259. The van der Waals surface area contributed by atoms with Crippen LogP contribution in [0.4, 0.5) is 0 Å². The second kappa shape index (κ2) is 9.57. The van der Waals surface area contributed by atoms with Crippen LogP contribution in [0.1, 0.15) is 2.85 Å². The van der Waals surface area contributed by atoms with Gasteiger partial charge >= 0.3 is 31.7 Å². The summed E-state index contributed by atoms with van der Waals surface area (Å²) < 4.78 is 0. The van der Waals surface area contributed by atoms with Gasteiger partial charge in [0.15, 0.2) is 0 Å². The van der Waals surface area contributed by atoms with Crippen LogP contribution in [-0.2, 0) is 0 Å². The first kappa shape index (κ1) is 15.7. The molecule has 3 nitrogen and oxygen atoms in total. The maximum absolute atomic E-state index is 7.23. The predicted molar refractivity (Wildman–Crippen MR) is 32.9 cm³/mol. The Morgan fingerprint density at radius 1 is 1.17 bits per heavy atom. The van der Waals surface area contributed by atoms with Crippen molar-refractivity contribution in [1.29, 1.82) is 0 Å². The molecular weight excluding hydrogens is 131 g/mol. The fraction of sp³-hybridized carbons (Fsp3) is 0. The van der Waals surface area contributed by atoms with Crippen LogP contribution in [0, 0.1) is 0 Å².